The monoisotopic (exact) mass is 425 g/mol. The van der Waals surface area contributed by atoms with Gasteiger partial charge in [-0.25, -0.2) is 12.8 Å². The van der Waals surface area contributed by atoms with Gasteiger partial charge in [-0.2, -0.15) is 4.72 Å². The number of hydrogen-bond donors (Lipinski definition) is 3. The van der Waals surface area contributed by atoms with Gasteiger partial charge in [-0.05, 0) is 68.3 Å². The fourth-order valence-corrected chi connectivity index (χ4v) is 4.32. The zero-order chi connectivity index (χ0) is 21.1. The lowest BCUT2D eigenvalue weighted by atomic mass is 10.0. The smallest absolute Gasteiger partial charge is 0.242 e. The Morgan fingerprint density at radius 3 is 2.10 bits per heavy atom. The third kappa shape index (κ3) is 5.52. The second-order valence-corrected chi connectivity index (χ2v) is 8.80. The van der Waals surface area contributed by atoms with E-state index >= 15 is 0 Å². The van der Waals surface area contributed by atoms with E-state index < -0.39 is 28.1 Å². The van der Waals surface area contributed by atoms with Crippen LogP contribution in [0.5, 0.6) is 11.5 Å². The van der Waals surface area contributed by atoms with E-state index in [0.717, 1.165) is 12.8 Å². The van der Waals surface area contributed by atoms with E-state index in [0.29, 0.717) is 24.3 Å². The molecule has 2 aromatic carbocycles. The highest BCUT2D eigenvalue weighted by atomic mass is 32.2. The third-order valence-corrected chi connectivity index (χ3v) is 6.30. The number of rotatable bonds is 8. The summed E-state index contributed by atoms with van der Waals surface area (Å²) in [7, 11) is -3.92. The van der Waals surface area contributed by atoms with Crippen LogP contribution in [0.1, 0.15) is 32.6 Å². The molecule has 7 nitrogen and oxygen atoms in total. The van der Waals surface area contributed by atoms with Gasteiger partial charge < -0.3 is 19.7 Å². The second-order valence-electron chi connectivity index (χ2n) is 7.09. The minimum atomic E-state index is -3.92. The molecular formula is C20H24FNO6S. The molecule has 1 aliphatic rings. The van der Waals surface area contributed by atoms with Crippen LogP contribution in [0.2, 0.25) is 0 Å². The van der Waals surface area contributed by atoms with Crippen LogP contribution in [0.15, 0.2) is 53.4 Å². The van der Waals surface area contributed by atoms with Crippen molar-refractivity contribution in [3.05, 3.63) is 54.3 Å². The Hall–Kier alpha value is -2.04. The Balaban J connectivity index is 1.60. The van der Waals surface area contributed by atoms with Crippen molar-refractivity contribution < 1.29 is 32.5 Å². The molecule has 0 saturated heterocycles. The molecule has 158 valence electrons. The van der Waals surface area contributed by atoms with Crippen LogP contribution in [0.25, 0.3) is 0 Å². The van der Waals surface area contributed by atoms with Crippen LogP contribution in [0, 0.1) is 5.82 Å². The highest BCUT2D eigenvalue weighted by molar-refractivity contribution is 7.89. The summed E-state index contributed by atoms with van der Waals surface area (Å²) in [4.78, 5) is -0.0199. The summed E-state index contributed by atoms with van der Waals surface area (Å²) in [6, 6.07) is 11.1. The number of sulfonamides is 1. The molecule has 0 aromatic heterocycles. The molecule has 3 N–H and O–H groups in total. The average molecular weight is 425 g/mol. The predicted octanol–water partition coefficient (Wildman–Crippen LogP) is 2.88. The van der Waals surface area contributed by atoms with E-state index in [1.54, 1.807) is 0 Å². The summed E-state index contributed by atoms with van der Waals surface area (Å²) in [6.45, 7) is 1.44. The number of halogens is 1. The van der Waals surface area contributed by atoms with Crippen LogP contribution < -0.4 is 9.46 Å². The molecule has 1 fully saturated rings. The number of hydrogen-bond acceptors (Lipinski definition) is 6. The lowest BCUT2D eigenvalue weighted by Crippen LogP contribution is -2.46. The molecule has 3 rings (SSSR count). The molecule has 9 heteroatoms. The van der Waals surface area contributed by atoms with Crippen LogP contribution in [0.4, 0.5) is 4.39 Å². The molecular weight excluding hydrogens is 401 g/mol. The molecule has 0 aliphatic heterocycles. The lowest BCUT2D eigenvalue weighted by molar-refractivity contribution is -0.229. The van der Waals surface area contributed by atoms with Crippen molar-refractivity contribution in [2.45, 2.75) is 55.6 Å². The maximum absolute atomic E-state index is 12.9. The van der Waals surface area contributed by atoms with Crippen molar-refractivity contribution in [3.63, 3.8) is 0 Å². The molecule has 0 amide bonds. The summed E-state index contributed by atoms with van der Waals surface area (Å²) in [5.41, 5.74) is -1.35. The SMILES string of the molecule is CC(NS(=O)(=O)c1ccc(Oc2ccc(F)cc2)cc1)OC(O)C1(O)CCCC1. The fraction of sp³-hybridized carbons (Fsp3) is 0.400. The van der Waals surface area contributed by atoms with Crippen molar-refractivity contribution in [3.8, 4) is 11.5 Å². The van der Waals surface area contributed by atoms with Gasteiger partial charge in [0.2, 0.25) is 10.0 Å². The molecule has 0 heterocycles. The minimum Gasteiger partial charge on any atom is -0.457 e. The first-order chi connectivity index (χ1) is 13.7. The summed E-state index contributed by atoms with van der Waals surface area (Å²) in [5, 5.41) is 20.4. The third-order valence-electron chi connectivity index (χ3n) is 4.77. The summed E-state index contributed by atoms with van der Waals surface area (Å²) >= 11 is 0. The molecule has 1 aliphatic carbocycles. The quantitative estimate of drug-likeness (QED) is 0.562. The van der Waals surface area contributed by atoms with Crippen LogP contribution in [0.3, 0.4) is 0 Å². The van der Waals surface area contributed by atoms with Gasteiger partial charge in [0.15, 0.2) is 6.29 Å². The van der Waals surface area contributed by atoms with E-state index in [2.05, 4.69) is 4.72 Å². The first kappa shape index (κ1) is 21.7. The Kier molecular flexibility index (Phi) is 6.55. The van der Waals surface area contributed by atoms with Gasteiger partial charge in [0, 0.05) is 0 Å². The summed E-state index contributed by atoms with van der Waals surface area (Å²) in [5.74, 6) is 0.422. The highest BCUT2D eigenvalue weighted by Crippen LogP contribution is 2.33. The van der Waals surface area contributed by atoms with E-state index in [1.165, 1.54) is 55.5 Å². The normalized spacial score (nSPS) is 18.3. The Morgan fingerprint density at radius 2 is 1.55 bits per heavy atom. The Labute approximate surface area is 169 Å². The number of aliphatic hydroxyl groups is 2. The van der Waals surface area contributed by atoms with Crippen LogP contribution in [-0.4, -0.2) is 36.7 Å². The molecule has 2 atom stereocenters. The second kappa shape index (κ2) is 8.76. The largest absolute Gasteiger partial charge is 0.457 e. The minimum absolute atomic E-state index is 0.0199. The van der Waals surface area contributed by atoms with Gasteiger partial charge in [-0.15, -0.1) is 0 Å². The molecule has 2 unspecified atom stereocenters. The van der Waals surface area contributed by atoms with Crippen molar-refractivity contribution in [1.29, 1.82) is 0 Å². The topological polar surface area (TPSA) is 105 Å². The highest BCUT2D eigenvalue weighted by Gasteiger charge is 2.40. The average Bonchev–Trinajstić information content (AvgIpc) is 3.11. The zero-order valence-corrected chi connectivity index (χ0v) is 16.7. The maximum atomic E-state index is 12.9. The first-order valence-electron chi connectivity index (χ1n) is 9.30. The number of nitrogens with one attached hydrogen (secondary N) is 1. The predicted molar refractivity (Wildman–Crippen MR) is 103 cm³/mol. The van der Waals surface area contributed by atoms with E-state index in [1.807, 2.05) is 0 Å². The van der Waals surface area contributed by atoms with Crippen LogP contribution >= 0.6 is 0 Å². The zero-order valence-electron chi connectivity index (χ0n) is 15.9. The Bertz CT molecular complexity index is 911. The van der Waals surface area contributed by atoms with Gasteiger partial charge in [-0.3, -0.25) is 0 Å². The first-order valence-corrected chi connectivity index (χ1v) is 10.8. The van der Waals surface area contributed by atoms with Crippen molar-refractivity contribution >= 4 is 10.0 Å². The molecule has 2 aromatic rings. The summed E-state index contributed by atoms with van der Waals surface area (Å²) < 4.78 is 51.1. The maximum Gasteiger partial charge on any atom is 0.242 e. The lowest BCUT2D eigenvalue weighted by Gasteiger charge is -2.30. The van der Waals surface area contributed by atoms with E-state index in [-0.39, 0.29) is 10.7 Å². The van der Waals surface area contributed by atoms with Crippen molar-refractivity contribution in [2.75, 3.05) is 0 Å². The van der Waals surface area contributed by atoms with Crippen LogP contribution in [-0.2, 0) is 14.8 Å². The van der Waals surface area contributed by atoms with Crippen molar-refractivity contribution in [2.24, 2.45) is 0 Å². The summed E-state index contributed by atoms with van der Waals surface area (Å²) in [6.07, 6.45) is -0.150. The van der Waals surface area contributed by atoms with Gasteiger partial charge in [-0.1, -0.05) is 12.8 Å². The molecule has 0 spiro atoms. The molecule has 0 bridgehead atoms. The number of benzene rings is 2. The van der Waals surface area contributed by atoms with Gasteiger partial charge in [0.05, 0.1) is 4.90 Å². The standard InChI is InChI=1S/C20H24FNO6S/c1-14(27-19(23)20(24)12-2-3-13-20)22-29(25,26)18-10-8-17(9-11-18)28-16-6-4-15(21)5-7-16/h4-11,14,19,22-24H,2-3,12-13H2,1H3. The number of ether oxygens (including phenoxy) is 2. The van der Waals surface area contributed by atoms with Crippen molar-refractivity contribution in [1.82, 2.24) is 4.72 Å². The van der Waals surface area contributed by atoms with Gasteiger partial charge >= 0.3 is 0 Å². The molecule has 29 heavy (non-hydrogen) atoms. The fourth-order valence-electron chi connectivity index (χ4n) is 3.19. The molecule has 1 saturated carbocycles. The number of aliphatic hydroxyl groups excluding tert-OH is 1. The van der Waals surface area contributed by atoms with Gasteiger partial charge in [0.1, 0.15) is 29.1 Å². The van der Waals surface area contributed by atoms with Gasteiger partial charge in [0.25, 0.3) is 0 Å². The Morgan fingerprint density at radius 1 is 1.03 bits per heavy atom. The van der Waals surface area contributed by atoms with E-state index in [4.69, 9.17) is 9.47 Å². The molecule has 0 radical (unpaired) electrons. The van der Waals surface area contributed by atoms with E-state index in [9.17, 15) is 23.0 Å².